The number of nitriles is 1. The highest BCUT2D eigenvalue weighted by molar-refractivity contribution is 5.77. The van der Waals surface area contributed by atoms with Gasteiger partial charge >= 0.3 is 0 Å². The van der Waals surface area contributed by atoms with E-state index in [-0.39, 0.29) is 17.7 Å². The van der Waals surface area contributed by atoms with Crippen molar-refractivity contribution < 1.29 is 4.79 Å². The third kappa shape index (κ3) is 6.47. The van der Waals surface area contributed by atoms with E-state index >= 15 is 0 Å². The summed E-state index contributed by atoms with van der Waals surface area (Å²) < 4.78 is 0. The minimum absolute atomic E-state index is 0.0439. The van der Waals surface area contributed by atoms with E-state index in [4.69, 9.17) is 5.26 Å². The molecule has 0 spiro atoms. The summed E-state index contributed by atoms with van der Waals surface area (Å²) in [7, 11) is 0. The summed E-state index contributed by atoms with van der Waals surface area (Å²) in [5.74, 6) is 0.446. The number of carbonyl (C=O) groups excluding carboxylic acids is 1. The first-order valence-electron chi connectivity index (χ1n) is 5.01. The van der Waals surface area contributed by atoms with E-state index in [2.05, 4.69) is 33.0 Å². The largest absolute Gasteiger partial charge is 0.355 e. The molecule has 0 bridgehead atoms. The van der Waals surface area contributed by atoms with Crippen LogP contribution in [0.25, 0.3) is 0 Å². The summed E-state index contributed by atoms with van der Waals surface area (Å²) in [6.45, 7) is 9.22. The van der Waals surface area contributed by atoms with Gasteiger partial charge in [0.1, 0.15) is 6.42 Å². The Bertz CT molecular complexity index is 226. The van der Waals surface area contributed by atoms with Crippen molar-refractivity contribution in [2.24, 2.45) is 11.3 Å². The molecule has 0 aliphatic heterocycles. The van der Waals surface area contributed by atoms with Crippen LogP contribution in [-0.2, 0) is 4.79 Å². The molecule has 0 fully saturated rings. The highest BCUT2D eigenvalue weighted by Gasteiger charge is 2.19. The van der Waals surface area contributed by atoms with Gasteiger partial charge in [-0.15, -0.1) is 0 Å². The Balaban J connectivity index is 3.87. The van der Waals surface area contributed by atoms with Crippen LogP contribution in [0.1, 0.15) is 40.5 Å². The zero-order valence-electron chi connectivity index (χ0n) is 9.55. The average molecular weight is 196 g/mol. The monoisotopic (exact) mass is 196 g/mol. The molecule has 14 heavy (non-hydrogen) atoms. The second-order valence-corrected chi connectivity index (χ2v) is 4.87. The molecule has 0 radical (unpaired) electrons. The highest BCUT2D eigenvalue weighted by Crippen LogP contribution is 2.23. The predicted octanol–water partition coefficient (Wildman–Crippen LogP) is 2.09. The molecule has 0 aliphatic carbocycles. The summed E-state index contributed by atoms with van der Waals surface area (Å²) in [4.78, 5) is 11.0. The molecule has 0 aromatic rings. The summed E-state index contributed by atoms with van der Waals surface area (Å²) >= 11 is 0. The fourth-order valence-corrected chi connectivity index (χ4v) is 1.65. The Labute approximate surface area is 86.5 Å². The van der Waals surface area contributed by atoms with E-state index in [1.807, 2.05) is 6.07 Å². The van der Waals surface area contributed by atoms with Gasteiger partial charge in [0.25, 0.3) is 0 Å². The molecule has 0 unspecified atom stereocenters. The van der Waals surface area contributed by atoms with Crippen LogP contribution in [0.2, 0.25) is 0 Å². The summed E-state index contributed by atoms with van der Waals surface area (Å²) in [6.07, 6.45) is 1.03. The van der Waals surface area contributed by atoms with Gasteiger partial charge in [-0.2, -0.15) is 5.26 Å². The number of nitrogens with one attached hydrogen (secondary N) is 1. The van der Waals surface area contributed by atoms with Crippen molar-refractivity contribution >= 4 is 5.91 Å². The van der Waals surface area contributed by atoms with Gasteiger partial charge in [0.15, 0.2) is 0 Å². The van der Waals surface area contributed by atoms with Crippen LogP contribution in [0.5, 0.6) is 0 Å². The lowest BCUT2D eigenvalue weighted by Gasteiger charge is -2.26. The first-order valence-corrected chi connectivity index (χ1v) is 5.01. The van der Waals surface area contributed by atoms with Crippen molar-refractivity contribution in [3.8, 4) is 6.07 Å². The highest BCUT2D eigenvalue weighted by atomic mass is 16.1. The van der Waals surface area contributed by atoms with Crippen LogP contribution in [0.4, 0.5) is 0 Å². The Morgan fingerprint density at radius 1 is 1.50 bits per heavy atom. The summed E-state index contributed by atoms with van der Waals surface area (Å²) in [5.41, 5.74) is 0.110. The van der Waals surface area contributed by atoms with Crippen LogP contribution < -0.4 is 5.32 Å². The molecule has 0 saturated heterocycles. The normalized spacial score (nSPS) is 11.1. The molecular formula is C11H20N2O. The Morgan fingerprint density at radius 2 is 2.07 bits per heavy atom. The third-order valence-electron chi connectivity index (χ3n) is 1.96. The Hall–Kier alpha value is -1.04. The maximum Gasteiger partial charge on any atom is 0.234 e. The number of hydrogen-bond donors (Lipinski definition) is 1. The van der Waals surface area contributed by atoms with Crippen LogP contribution in [0.15, 0.2) is 0 Å². The Kier molecular flexibility index (Phi) is 5.22. The second kappa shape index (κ2) is 5.64. The summed E-state index contributed by atoms with van der Waals surface area (Å²) in [5, 5.41) is 11.1. The number of rotatable bonds is 5. The van der Waals surface area contributed by atoms with E-state index in [1.165, 1.54) is 0 Å². The molecule has 0 rings (SSSR count). The fraction of sp³-hybridized carbons (Fsp3) is 0.818. The SMILES string of the molecule is CC(C)CC(C)(C)CNC(=O)CC#N. The van der Waals surface area contributed by atoms with Gasteiger partial charge in [-0.3, -0.25) is 4.79 Å². The molecule has 3 heteroatoms. The van der Waals surface area contributed by atoms with Crippen molar-refractivity contribution in [3.63, 3.8) is 0 Å². The van der Waals surface area contributed by atoms with Gasteiger partial charge in [0, 0.05) is 6.54 Å². The topological polar surface area (TPSA) is 52.9 Å². The molecule has 0 aromatic carbocycles. The van der Waals surface area contributed by atoms with Crippen LogP contribution in [-0.4, -0.2) is 12.5 Å². The first-order chi connectivity index (χ1) is 6.37. The van der Waals surface area contributed by atoms with Crippen LogP contribution in [0.3, 0.4) is 0 Å². The number of nitrogens with zero attached hydrogens (tertiary/aromatic N) is 1. The fourth-order valence-electron chi connectivity index (χ4n) is 1.65. The molecule has 1 amide bonds. The second-order valence-electron chi connectivity index (χ2n) is 4.87. The predicted molar refractivity (Wildman–Crippen MR) is 56.5 cm³/mol. The van der Waals surface area contributed by atoms with Gasteiger partial charge < -0.3 is 5.32 Å². The van der Waals surface area contributed by atoms with Crippen molar-refractivity contribution in [3.05, 3.63) is 0 Å². The lowest BCUT2D eigenvalue weighted by molar-refractivity contribution is -0.120. The quantitative estimate of drug-likeness (QED) is 0.732. The number of hydrogen-bond acceptors (Lipinski definition) is 2. The first kappa shape index (κ1) is 13.0. The van der Waals surface area contributed by atoms with Gasteiger partial charge in [0.05, 0.1) is 6.07 Å². The molecule has 0 heterocycles. The number of amides is 1. The average Bonchev–Trinajstić information content (AvgIpc) is 1.99. The maximum atomic E-state index is 11.0. The molecule has 3 nitrogen and oxygen atoms in total. The standard InChI is InChI=1S/C11H20N2O/c1-9(2)7-11(3,4)8-13-10(14)5-6-12/h9H,5,7-8H2,1-4H3,(H,13,14). The van der Waals surface area contributed by atoms with Crippen molar-refractivity contribution in [2.45, 2.75) is 40.5 Å². The van der Waals surface area contributed by atoms with Crippen molar-refractivity contribution in [1.29, 1.82) is 5.26 Å². The minimum Gasteiger partial charge on any atom is -0.355 e. The van der Waals surface area contributed by atoms with Crippen molar-refractivity contribution in [2.75, 3.05) is 6.54 Å². The van der Waals surface area contributed by atoms with Gasteiger partial charge in [-0.1, -0.05) is 27.7 Å². The smallest absolute Gasteiger partial charge is 0.234 e. The van der Waals surface area contributed by atoms with Crippen LogP contribution >= 0.6 is 0 Å². The molecular weight excluding hydrogens is 176 g/mol. The Morgan fingerprint density at radius 3 is 2.50 bits per heavy atom. The maximum absolute atomic E-state index is 11.0. The molecule has 1 N–H and O–H groups in total. The summed E-state index contributed by atoms with van der Waals surface area (Å²) in [6, 6.07) is 1.83. The molecule has 80 valence electrons. The van der Waals surface area contributed by atoms with E-state index in [0.29, 0.717) is 12.5 Å². The van der Waals surface area contributed by atoms with E-state index in [9.17, 15) is 4.79 Å². The van der Waals surface area contributed by atoms with Gasteiger partial charge in [0.2, 0.25) is 5.91 Å². The minimum atomic E-state index is -0.177. The molecule has 0 aliphatic rings. The van der Waals surface area contributed by atoms with Crippen LogP contribution in [0, 0.1) is 22.7 Å². The van der Waals surface area contributed by atoms with E-state index < -0.39 is 0 Å². The van der Waals surface area contributed by atoms with E-state index in [1.54, 1.807) is 0 Å². The zero-order valence-corrected chi connectivity index (χ0v) is 9.55. The van der Waals surface area contributed by atoms with Gasteiger partial charge in [-0.05, 0) is 17.8 Å². The molecule has 0 aromatic heterocycles. The lowest BCUT2D eigenvalue weighted by Crippen LogP contribution is -2.34. The number of carbonyl (C=O) groups is 1. The van der Waals surface area contributed by atoms with E-state index in [0.717, 1.165) is 6.42 Å². The molecule has 0 atom stereocenters. The molecule has 0 saturated carbocycles. The third-order valence-corrected chi connectivity index (χ3v) is 1.96. The van der Waals surface area contributed by atoms with Gasteiger partial charge in [-0.25, -0.2) is 0 Å². The van der Waals surface area contributed by atoms with Crippen molar-refractivity contribution in [1.82, 2.24) is 5.32 Å². The zero-order chi connectivity index (χ0) is 11.2. The lowest BCUT2D eigenvalue weighted by atomic mass is 9.84.